The molecule has 2 unspecified atom stereocenters. The Balaban J connectivity index is 1.98. The molecule has 3 heteroatoms. The first kappa shape index (κ1) is 10.4. The monoisotopic (exact) mass is 188 g/mol. The summed E-state index contributed by atoms with van der Waals surface area (Å²) in [7, 11) is 0. The molecular weight excluding hydrogens is 168 g/mol. The molecule has 1 aliphatic rings. The molecule has 2 nitrogen and oxygen atoms in total. The molecule has 1 rings (SSSR count). The smallest absolute Gasteiger partial charge is 0.0191 e. The van der Waals surface area contributed by atoms with Crippen molar-refractivity contribution >= 4 is 11.8 Å². The van der Waals surface area contributed by atoms with Gasteiger partial charge in [-0.2, -0.15) is 11.8 Å². The molecule has 3 N–H and O–H groups in total. The Morgan fingerprint density at radius 3 is 2.92 bits per heavy atom. The third-order valence-electron chi connectivity index (χ3n) is 2.41. The summed E-state index contributed by atoms with van der Waals surface area (Å²) in [5.74, 6) is 1.33. The highest BCUT2D eigenvalue weighted by molar-refractivity contribution is 8.00. The second-order valence-electron chi connectivity index (χ2n) is 3.42. The summed E-state index contributed by atoms with van der Waals surface area (Å²) in [6.45, 7) is 4.29. The molecular formula is C9H20N2S. The van der Waals surface area contributed by atoms with Crippen LogP contribution < -0.4 is 11.1 Å². The third kappa shape index (κ3) is 3.33. The minimum absolute atomic E-state index is 0.757. The summed E-state index contributed by atoms with van der Waals surface area (Å²) in [5.41, 5.74) is 5.42. The first-order valence-electron chi connectivity index (χ1n) is 4.89. The number of unbranched alkanes of at least 4 members (excludes halogenated alkanes) is 1. The highest BCUT2D eigenvalue weighted by atomic mass is 32.2. The maximum Gasteiger partial charge on any atom is 0.0191 e. The van der Waals surface area contributed by atoms with E-state index in [2.05, 4.69) is 24.0 Å². The predicted octanol–water partition coefficient (Wildman–Crippen LogP) is 1.21. The summed E-state index contributed by atoms with van der Waals surface area (Å²) in [4.78, 5) is 0. The Bertz CT molecular complexity index is 119. The maximum absolute atomic E-state index is 5.42. The fourth-order valence-corrected chi connectivity index (χ4v) is 2.78. The fourth-order valence-electron chi connectivity index (χ4n) is 1.56. The van der Waals surface area contributed by atoms with E-state index in [9.17, 15) is 0 Å². The zero-order valence-electron chi connectivity index (χ0n) is 7.88. The van der Waals surface area contributed by atoms with Gasteiger partial charge in [0.2, 0.25) is 0 Å². The molecule has 0 amide bonds. The van der Waals surface area contributed by atoms with Gasteiger partial charge in [0, 0.05) is 11.3 Å². The van der Waals surface area contributed by atoms with E-state index in [1.54, 1.807) is 0 Å². The van der Waals surface area contributed by atoms with Crippen molar-refractivity contribution in [1.82, 2.24) is 5.32 Å². The average Bonchev–Trinajstić information content (AvgIpc) is 2.46. The second-order valence-corrected chi connectivity index (χ2v) is 4.91. The summed E-state index contributed by atoms with van der Waals surface area (Å²) >= 11 is 2.08. The number of thioether (sulfide) groups is 1. The number of nitrogens with one attached hydrogen (secondary N) is 1. The van der Waals surface area contributed by atoms with Gasteiger partial charge >= 0.3 is 0 Å². The molecule has 0 bridgehead atoms. The van der Waals surface area contributed by atoms with Crippen LogP contribution in [0.25, 0.3) is 0 Å². The van der Waals surface area contributed by atoms with E-state index in [0.717, 1.165) is 30.8 Å². The van der Waals surface area contributed by atoms with Gasteiger partial charge in [-0.25, -0.2) is 0 Å². The Hall–Kier alpha value is 0.270. The quantitative estimate of drug-likeness (QED) is 0.637. The van der Waals surface area contributed by atoms with Crippen molar-refractivity contribution in [2.45, 2.75) is 37.5 Å². The van der Waals surface area contributed by atoms with E-state index in [4.69, 9.17) is 5.73 Å². The second kappa shape index (κ2) is 5.84. The average molecular weight is 188 g/mol. The molecule has 1 heterocycles. The number of nitrogens with two attached hydrogens (primary N) is 1. The Morgan fingerprint density at radius 1 is 1.50 bits per heavy atom. The van der Waals surface area contributed by atoms with Crippen LogP contribution in [0, 0.1) is 0 Å². The number of rotatable bonds is 5. The van der Waals surface area contributed by atoms with Gasteiger partial charge in [0.1, 0.15) is 0 Å². The predicted molar refractivity (Wildman–Crippen MR) is 56.6 cm³/mol. The van der Waals surface area contributed by atoms with E-state index in [1.807, 2.05) is 0 Å². The van der Waals surface area contributed by atoms with Gasteiger partial charge in [-0.1, -0.05) is 6.92 Å². The first-order valence-corrected chi connectivity index (χ1v) is 5.94. The zero-order valence-corrected chi connectivity index (χ0v) is 8.70. The van der Waals surface area contributed by atoms with Crippen molar-refractivity contribution in [3.05, 3.63) is 0 Å². The fraction of sp³-hybridized carbons (Fsp3) is 1.00. The minimum Gasteiger partial charge on any atom is -0.330 e. The molecule has 12 heavy (non-hydrogen) atoms. The summed E-state index contributed by atoms with van der Waals surface area (Å²) in [5, 5.41) is 4.40. The van der Waals surface area contributed by atoms with E-state index >= 15 is 0 Å². The highest BCUT2D eigenvalue weighted by Crippen LogP contribution is 2.25. The van der Waals surface area contributed by atoms with Crippen LogP contribution in [0.4, 0.5) is 0 Å². The van der Waals surface area contributed by atoms with Crippen LogP contribution in [0.2, 0.25) is 0 Å². The lowest BCUT2D eigenvalue weighted by atomic mass is 10.1. The van der Waals surface area contributed by atoms with Crippen molar-refractivity contribution in [3.8, 4) is 0 Å². The maximum atomic E-state index is 5.42. The van der Waals surface area contributed by atoms with Crippen molar-refractivity contribution in [2.75, 3.05) is 18.8 Å². The summed E-state index contributed by atoms with van der Waals surface area (Å²) in [6, 6.07) is 0.757. The Labute approximate surface area is 79.7 Å². The van der Waals surface area contributed by atoms with Gasteiger partial charge in [-0.3, -0.25) is 0 Å². The van der Waals surface area contributed by atoms with Crippen LogP contribution in [0.15, 0.2) is 0 Å². The van der Waals surface area contributed by atoms with Crippen LogP contribution >= 0.6 is 11.8 Å². The normalized spacial score (nSPS) is 29.5. The molecule has 0 saturated carbocycles. The Kier molecular flexibility index (Phi) is 5.04. The van der Waals surface area contributed by atoms with Crippen LogP contribution in [0.1, 0.15) is 26.2 Å². The van der Waals surface area contributed by atoms with Gasteiger partial charge in [0.05, 0.1) is 0 Å². The van der Waals surface area contributed by atoms with E-state index in [1.165, 1.54) is 18.6 Å². The van der Waals surface area contributed by atoms with Crippen molar-refractivity contribution < 1.29 is 0 Å². The van der Waals surface area contributed by atoms with Crippen LogP contribution in [-0.2, 0) is 0 Å². The van der Waals surface area contributed by atoms with Gasteiger partial charge in [0.15, 0.2) is 0 Å². The number of hydrogen-bond donors (Lipinski definition) is 2. The molecule has 1 fully saturated rings. The lowest BCUT2D eigenvalue weighted by Crippen LogP contribution is -2.34. The largest absolute Gasteiger partial charge is 0.330 e. The first-order chi connectivity index (χ1) is 5.84. The van der Waals surface area contributed by atoms with Crippen molar-refractivity contribution in [1.29, 1.82) is 0 Å². The standard InChI is InChI=1S/C9H20N2S/c1-8-9(4-7-12-8)11-6-3-2-5-10/h8-9,11H,2-7,10H2,1H3. The molecule has 72 valence electrons. The van der Waals surface area contributed by atoms with Gasteiger partial charge in [-0.05, 0) is 38.1 Å². The van der Waals surface area contributed by atoms with Crippen LogP contribution in [0.5, 0.6) is 0 Å². The lowest BCUT2D eigenvalue weighted by Gasteiger charge is -2.15. The van der Waals surface area contributed by atoms with Crippen LogP contribution in [0.3, 0.4) is 0 Å². The third-order valence-corrected chi connectivity index (χ3v) is 3.74. The summed E-state index contributed by atoms with van der Waals surface area (Å²) < 4.78 is 0. The summed E-state index contributed by atoms with van der Waals surface area (Å²) in [6.07, 6.45) is 3.72. The van der Waals surface area contributed by atoms with E-state index < -0.39 is 0 Å². The van der Waals surface area contributed by atoms with Crippen molar-refractivity contribution in [3.63, 3.8) is 0 Å². The molecule has 0 aromatic carbocycles. The zero-order chi connectivity index (χ0) is 8.81. The van der Waals surface area contributed by atoms with Gasteiger partial charge in [-0.15, -0.1) is 0 Å². The molecule has 0 aliphatic carbocycles. The topological polar surface area (TPSA) is 38.0 Å². The van der Waals surface area contributed by atoms with Gasteiger partial charge in [0.25, 0.3) is 0 Å². The molecule has 0 radical (unpaired) electrons. The highest BCUT2D eigenvalue weighted by Gasteiger charge is 2.22. The number of hydrogen-bond acceptors (Lipinski definition) is 3. The Morgan fingerprint density at radius 2 is 2.33 bits per heavy atom. The molecule has 0 spiro atoms. The minimum atomic E-state index is 0.757. The van der Waals surface area contributed by atoms with Crippen LogP contribution in [-0.4, -0.2) is 30.1 Å². The van der Waals surface area contributed by atoms with E-state index in [-0.39, 0.29) is 0 Å². The molecule has 2 atom stereocenters. The SMILES string of the molecule is CC1SCCC1NCCCCN. The van der Waals surface area contributed by atoms with E-state index in [0.29, 0.717) is 0 Å². The molecule has 0 aromatic rings. The van der Waals surface area contributed by atoms with Crippen molar-refractivity contribution in [2.24, 2.45) is 5.73 Å². The lowest BCUT2D eigenvalue weighted by molar-refractivity contribution is 0.500. The molecule has 0 aromatic heterocycles. The molecule has 1 aliphatic heterocycles. The van der Waals surface area contributed by atoms with Gasteiger partial charge < -0.3 is 11.1 Å². The molecule has 1 saturated heterocycles.